The molecule has 1 amide bonds. The summed E-state index contributed by atoms with van der Waals surface area (Å²) in [5.41, 5.74) is -0.197. The maximum atomic E-state index is 13.4. The van der Waals surface area contributed by atoms with Gasteiger partial charge in [0.25, 0.3) is 11.6 Å². The van der Waals surface area contributed by atoms with E-state index in [0.717, 1.165) is 6.07 Å². The number of nitrogens with zero attached hydrogens (tertiary/aromatic N) is 1. The minimum absolute atomic E-state index is 0.0513. The molecule has 0 aliphatic rings. The Morgan fingerprint density at radius 1 is 1.15 bits per heavy atom. The third-order valence-electron chi connectivity index (χ3n) is 3.21. The summed E-state index contributed by atoms with van der Waals surface area (Å²) in [6.07, 6.45) is 0. The number of nitrogens with one attached hydrogen (secondary N) is 1. The predicted octanol–water partition coefficient (Wildman–Crippen LogP) is 2.30. The molecule has 142 valence electrons. The van der Waals surface area contributed by atoms with E-state index in [4.69, 9.17) is 14.2 Å². The molecular weight excluding hydrogens is 363 g/mol. The lowest BCUT2D eigenvalue weighted by molar-refractivity contribution is -0.384. The minimum atomic E-state index is -0.889. The minimum Gasteiger partial charge on any atom is -0.495 e. The maximum Gasteiger partial charge on any atom is 0.344 e. The van der Waals surface area contributed by atoms with E-state index in [1.807, 2.05) is 0 Å². The van der Waals surface area contributed by atoms with Crippen molar-refractivity contribution in [1.82, 2.24) is 0 Å². The van der Waals surface area contributed by atoms with Gasteiger partial charge in [0.05, 0.1) is 17.7 Å². The van der Waals surface area contributed by atoms with Crippen molar-refractivity contribution in [3.63, 3.8) is 0 Å². The van der Waals surface area contributed by atoms with Crippen LogP contribution < -0.4 is 14.8 Å². The van der Waals surface area contributed by atoms with Gasteiger partial charge in [-0.2, -0.15) is 0 Å². The molecule has 0 saturated heterocycles. The van der Waals surface area contributed by atoms with E-state index >= 15 is 0 Å². The number of non-ortho nitro benzene ring substituents is 1. The molecule has 0 saturated carbocycles. The maximum absolute atomic E-state index is 13.4. The van der Waals surface area contributed by atoms with Gasteiger partial charge in [-0.05, 0) is 18.2 Å². The summed E-state index contributed by atoms with van der Waals surface area (Å²) in [6.45, 7) is -1.25. The fourth-order valence-electron chi connectivity index (χ4n) is 1.98. The number of carbonyl (C=O) groups excluding carboxylic acids is 2. The number of hydrogen-bond acceptors (Lipinski definition) is 7. The van der Waals surface area contributed by atoms with Crippen LogP contribution >= 0.6 is 0 Å². The van der Waals surface area contributed by atoms with E-state index in [0.29, 0.717) is 0 Å². The van der Waals surface area contributed by atoms with E-state index in [1.54, 1.807) is 0 Å². The summed E-state index contributed by atoms with van der Waals surface area (Å²) in [7, 11) is 1.33. The van der Waals surface area contributed by atoms with Crippen LogP contribution in [0.1, 0.15) is 0 Å². The van der Waals surface area contributed by atoms with Gasteiger partial charge in [-0.15, -0.1) is 0 Å². The molecule has 0 fully saturated rings. The molecule has 0 unspecified atom stereocenters. The van der Waals surface area contributed by atoms with Gasteiger partial charge < -0.3 is 19.5 Å². The summed E-state index contributed by atoms with van der Waals surface area (Å²) in [5.74, 6) is -2.20. The fourth-order valence-corrected chi connectivity index (χ4v) is 1.98. The molecule has 0 radical (unpaired) electrons. The van der Waals surface area contributed by atoms with Crippen molar-refractivity contribution in [3.8, 4) is 11.5 Å². The number of para-hydroxylation sites is 1. The van der Waals surface area contributed by atoms with Gasteiger partial charge in [0.15, 0.2) is 24.8 Å². The first kappa shape index (κ1) is 19.6. The Bertz CT molecular complexity index is 857. The van der Waals surface area contributed by atoms with Crippen LogP contribution in [0.2, 0.25) is 0 Å². The van der Waals surface area contributed by atoms with Crippen LogP contribution in [0, 0.1) is 15.9 Å². The van der Waals surface area contributed by atoms with Crippen LogP contribution in [0.5, 0.6) is 11.5 Å². The quantitative estimate of drug-likeness (QED) is 0.425. The number of carbonyl (C=O) groups is 2. The first-order valence-corrected chi connectivity index (χ1v) is 7.56. The van der Waals surface area contributed by atoms with Crippen molar-refractivity contribution in [1.29, 1.82) is 0 Å². The van der Waals surface area contributed by atoms with Gasteiger partial charge in [-0.1, -0.05) is 12.1 Å². The summed E-state index contributed by atoms with van der Waals surface area (Å²) < 4.78 is 28.0. The zero-order valence-corrected chi connectivity index (χ0v) is 14.1. The number of methoxy groups -OCH3 is 1. The number of halogens is 1. The molecule has 0 heterocycles. The van der Waals surface area contributed by atoms with Gasteiger partial charge in [0, 0.05) is 12.1 Å². The van der Waals surface area contributed by atoms with Crippen LogP contribution in [0.25, 0.3) is 0 Å². The number of anilines is 1. The second-order valence-electron chi connectivity index (χ2n) is 5.07. The Hall–Kier alpha value is -3.69. The van der Waals surface area contributed by atoms with Crippen LogP contribution in [-0.4, -0.2) is 37.1 Å². The van der Waals surface area contributed by atoms with Crippen LogP contribution in [0.4, 0.5) is 15.8 Å². The van der Waals surface area contributed by atoms with Crippen molar-refractivity contribution in [3.05, 3.63) is 58.4 Å². The number of benzene rings is 2. The largest absolute Gasteiger partial charge is 0.495 e. The third kappa shape index (κ3) is 5.66. The summed E-state index contributed by atoms with van der Waals surface area (Å²) in [5, 5.41) is 13.2. The van der Waals surface area contributed by atoms with Crippen molar-refractivity contribution in [2.24, 2.45) is 0 Å². The van der Waals surface area contributed by atoms with E-state index in [1.165, 1.54) is 43.5 Å². The number of nitro groups is 1. The van der Waals surface area contributed by atoms with Gasteiger partial charge in [-0.3, -0.25) is 14.9 Å². The lowest BCUT2D eigenvalue weighted by atomic mass is 10.2. The van der Waals surface area contributed by atoms with Gasteiger partial charge >= 0.3 is 5.97 Å². The average Bonchev–Trinajstić information content (AvgIpc) is 2.65. The molecule has 2 rings (SSSR count). The highest BCUT2D eigenvalue weighted by Crippen LogP contribution is 2.28. The monoisotopic (exact) mass is 378 g/mol. The summed E-state index contributed by atoms with van der Waals surface area (Å²) in [4.78, 5) is 33.6. The highest BCUT2D eigenvalue weighted by Gasteiger charge is 2.15. The summed E-state index contributed by atoms with van der Waals surface area (Å²) in [6, 6.07) is 9.15. The molecule has 0 bridgehead atoms. The number of amides is 1. The molecule has 0 atom stereocenters. The Labute approximate surface area is 152 Å². The SMILES string of the molecule is COc1ccc([N+](=O)[O-])cc1NC(=O)COC(=O)COc1ccccc1F. The lowest BCUT2D eigenvalue weighted by Gasteiger charge is -2.10. The lowest BCUT2D eigenvalue weighted by Crippen LogP contribution is -2.24. The second kappa shape index (κ2) is 9.13. The molecule has 9 nitrogen and oxygen atoms in total. The molecule has 0 aliphatic heterocycles. The third-order valence-corrected chi connectivity index (χ3v) is 3.21. The highest BCUT2D eigenvalue weighted by molar-refractivity contribution is 5.94. The normalized spacial score (nSPS) is 10.0. The Morgan fingerprint density at radius 3 is 2.56 bits per heavy atom. The molecule has 2 aromatic carbocycles. The molecule has 0 aliphatic carbocycles. The molecule has 1 N–H and O–H groups in total. The molecular formula is C17H15FN2O7. The Morgan fingerprint density at radius 2 is 1.89 bits per heavy atom. The number of ether oxygens (including phenoxy) is 3. The zero-order valence-electron chi connectivity index (χ0n) is 14.1. The molecule has 27 heavy (non-hydrogen) atoms. The van der Waals surface area contributed by atoms with Crippen molar-refractivity contribution in [2.75, 3.05) is 25.6 Å². The second-order valence-corrected chi connectivity index (χ2v) is 5.07. The number of esters is 1. The van der Waals surface area contributed by atoms with Gasteiger partial charge in [-0.25, -0.2) is 9.18 Å². The highest BCUT2D eigenvalue weighted by atomic mass is 19.1. The van der Waals surface area contributed by atoms with Crippen molar-refractivity contribution in [2.45, 2.75) is 0 Å². The zero-order chi connectivity index (χ0) is 19.8. The van der Waals surface area contributed by atoms with E-state index in [-0.39, 0.29) is 22.9 Å². The first-order chi connectivity index (χ1) is 12.9. The molecule has 2 aromatic rings. The first-order valence-electron chi connectivity index (χ1n) is 7.56. The van der Waals surface area contributed by atoms with Gasteiger partial charge in [0.1, 0.15) is 5.75 Å². The molecule has 0 aromatic heterocycles. The standard InChI is InChI=1S/C17H15FN2O7/c1-25-15-7-6-11(20(23)24)8-13(15)19-16(21)9-27-17(22)10-26-14-5-3-2-4-12(14)18/h2-8H,9-10H2,1H3,(H,19,21). The molecule has 0 spiro atoms. The Kier molecular flexibility index (Phi) is 6.64. The van der Waals surface area contributed by atoms with Crippen molar-refractivity contribution < 1.29 is 33.1 Å². The summed E-state index contributed by atoms with van der Waals surface area (Å²) >= 11 is 0. The van der Waals surface area contributed by atoms with Gasteiger partial charge in [0.2, 0.25) is 0 Å². The number of hydrogen-bond donors (Lipinski definition) is 1. The van der Waals surface area contributed by atoms with E-state index < -0.39 is 35.8 Å². The average molecular weight is 378 g/mol. The fraction of sp³-hybridized carbons (Fsp3) is 0.176. The predicted molar refractivity (Wildman–Crippen MR) is 91.1 cm³/mol. The van der Waals surface area contributed by atoms with E-state index in [9.17, 15) is 24.1 Å². The van der Waals surface area contributed by atoms with E-state index in [2.05, 4.69) is 5.32 Å². The number of nitro benzene ring substituents is 1. The molecule has 10 heteroatoms. The van der Waals surface area contributed by atoms with Crippen LogP contribution in [0.3, 0.4) is 0 Å². The van der Waals surface area contributed by atoms with Crippen LogP contribution in [0.15, 0.2) is 42.5 Å². The Balaban J connectivity index is 1.87. The van der Waals surface area contributed by atoms with Crippen molar-refractivity contribution >= 4 is 23.3 Å². The smallest absolute Gasteiger partial charge is 0.344 e. The number of rotatable bonds is 8. The van der Waals surface area contributed by atoms with Crippen LogP contribution in [-0.2, 0) is 14.3 Å². The topological polar surface area (TPSA) is 117 Å².